The van der Waals surface area contributed by atoms with Crippen molar-refractivity contribution in [2.24, 2.45) is 5.92 Å². The maximum Gasteiger partial charge on any atom is 0.205 e. The van der Waals surface area contributed by atoms with Crippen LogP contribution in [0.25, 0.3) is 0 Å². The SMILES string of the molecule is CC(C)(C)NCCC1C=C2COC(C)(C)OC2=CC1. The van der Waals surface area contributed by atoms with E-state index in [1.165, 1.54) is 5.57 Å². The van der Waals surface area contributed by atoms with Crippen LogP contribution in [0.5, 0.6) is 0 Å². The molecule has 1 unspecified atom stereocenters. The van der Waals surface area contributed by atoms with Crippen LogP contribution in [0.4, 0.5) is 0 Å². The van der Waals surface area contributed by atoms with Crippen LogP contribution in [0.15, 0.2) is 23.5 Å². The van der Waals surface area contributed by atoms with Crippen LogP contribution in [-0.4, -0.2) is 24.5 Å². The van der Waals surface area contributed by atoms with Crippen LogP contribution in [0.1, 0.15) is 47.5 Å². The number of rotatable bonds is 3. The van der Waals surface area contributed by atoms with E-state index in [2.05, 4.69) is 38.2 Å². The number of hydrogen-bond acceptors (Lipinski definition) is 3. The third-order valence-electron chi connectivity index (χ3n) is 3.46. The zero-order chi connectivity index (χ0) is 14.1. The smallest absolute Gasteiger partial charge is 0.205 e. The molecular weight excluding hydrogens is 238 g/mol. The third-order valence-corrected chi connectivity index (χ3v) is 3.46. The lowest BCUT2D eigenvalue weighted by molar-refractivity contribution is -0.201. The summed E-state index contributed by atoms with van der Waals surface area (Å²) in [5, 5.41) is 3.54. The molecule has 0 aromatic rings. The molecule has 1 aliphatic heterocycles. The lowest BCUT2D eigenvalue weighted by atomic mass is 9.91. The summed E-state index contributed by atoms with van der Waals surface area (Å²) in [5.74, 6) is 1.14. The summed E-state index contributed by atoms with van der Waals surface area (Å²) in [7, 11) is 0. The highest BCUT2D eigenvalue weighted by molar-refractivity contribution is 5.32. The fraction of sp³-hybridized carbons (Fsp3) is 0.750. The average Bonchev–Trinajstić information content (AvgIpc) is 2.27. The van der Waals surface area contributed by atoms with Crippen LogP contribution in [0.2, 0.25) is 0 Å². The molecule has 0 aromatic heterocycles. The van der Waals surface area contributed by atoms with Crippen molar-refractivity contribution in [3.8, 4) is 0 Å². The summed E-state index contributed by atoms with van der Waals surface area (Å²) >= 11 is 0. The molecule has 19 heavy (non-hydrogen) atoms. The summed E-state index contributed by atoms with van der Waals surface area (Å²) in [6, 6.07) is 0. The molecule has 0 saturated carbocycles. The van der Waals surface area contributed by atoms with E-state index >= 15 is 0 Å². The second-order valence-corrected chi connectivity index (χ2v) is 7.01. The largest absolute Gasteiger partial charge is 0.463 e. The topological polar surface area (TPSA) is 30.5 Å². The molecule has 1 atom stereocenters. The quantitative estimate of drug-likeness (QED) is 0.848. The molecule has 1 fully saturated rings. The number of fused-ring (bicyclic) bond motifs is 1. The van der Waals surface area contributed by atoms with Gasteiger partial charge >= 0.3 is 0 Å². The fourth-order valence-corrected chi connectivity index (χ4v) is 2.43. The highest BCUT2D eigenvalue weighted by atomic mass is 16.7. The van der Waals surface area contributed by atoms with E-state index in [9.17, 15) is 0 Å². The summed E-state index contributed by atoms with van der Waals surface area (Å²) < 4.78 is 11.5. The van der Waals surface area contributed by atoms with Gasteiger partial charge in [0.25, 0.3) is 0 Å². The minimum absolute atomic E-state index is 0.198. The monoisotopic (exact) mass is 265 g/mol. The van der Waals surface area contributed by atoms with Crippen molar-refractivity contribution in [2.45, 2.75) is 58.8 Å². The second-order valence-electron chi connectivity index (χ2n) is 7.01. The summed E-state index contributed by atoms with van der Waals surface area (Å²) in [4.78, 5) is 0. The lowest BCUT2D eigenvalue weighted by Crippen LogP contribution is -2.37. The Morgan fingerprint density at radius 1 is 1.37 bits per heavy atom. The number of allylic oxidation sites excluding steroid dienone is 2. The van der Waals surface area contributed by atoms with E-state index < -0.39 is 5.79 Å². The second kappa shape index (κ2) is 5.29. The van der Waals surface area contributed by atoms with Crippen LogP contribution < -0.4 is 5.32 Å². The zero-order valence-electron chi connectivity index (χ0n) is 12.9. The van der Waals surface area contributed by atoms with E-state index in [1.54, 1.807) is 0 Å². The predicted octanol–water partition coefficient (Wildman–Crippen LogP) is 3.38. The van der Waals surface area contributed by atoms with E-state index in [1.807, 2.05) is 13.8 Å². The summed E-state index contributed by atoms with van der Waals surface area (Å²) in [5.41, 5.74) is 1.41. The first-order valence-corrected chi connectivity index (χ1v) is 7.24. The van der Waals surface area contributed by atoms with Gasteiger partial charge in [0.1, 0.15) is 5.76 Å². The molecular formula is C16H27NO2. The van der Waals surface area contributed by atoms with Gasteiger partial charge in [-0.3, -0.25) is 0 Å². The van der Waals surface area contributed by atoms with Gasteiger partial charge < -0.3 is 14.8 Å². The maximum atomic E-state index is 5.84. The number of nitrogens with one attached hydrogen (secondary N) is 1. The first kappa shape index (κ1) is 14.6. The van der Waals surface area contributed by atoms with Crippen LogP contribution >= 0.6 is 0 Å². The lowest BCUT2D eigenvalue weighted by Gasteiger charge is -2.36. The minimum Gasteiger partial charge on any atom is -0.463 e. The molecule has 2 rings (SSSR count). The first-order valence-electron chi connectivity index (χ1n) is 7.24. The molecule has 0 spiro atoms. The zero-order valence-corrected chi connectivity index (χ0v) is 12.9. The van der Waals surface area contributed by atoms with Crippen LogP contribution in [0.3, 0.4) is 0 Å². The predicted molar refractivity (Wildman–Crippen MR) is 77.8 cm³/mol. The van der Waals surface area contributed by atoms with Crippen molar-refractivity contribution in [2.75, 3.05) is 13.2 Å². The average molecular weight is 265 g/mol. The Bertz CT molecular complexity index is 388. The first-order chi connectivity index (χ1) is 8.75. The molecule has 1 heterocycles. The molecule has 0 bridgehead atoms. The van der Waals surface area contributed by atoms with Gasteiger partial charge in [0.15, 0.2) is 0 Å². The molecule has 0 aromatic carbocycles. The Morgan fingerprint density at radius 3 is 2.79 bits per heavy atom. The van der Waals surface area contributed by atoms with Crippen molar-refractivity contribution >= 4 is 0 Å². The van der Waals surface area contributed by atoms with Crippen molar-refractivity contribution < 1.29 is 9.47 Å². The van der Waals surface area contributed by atoms with E-state index in [4.69, 9.17) is 9.47 Å². The van der Waals surface area contributed by atoms with Crippen molar-refractivity contribution in [3.63, 3.8) is 0 Å². The third kappa shape index (κ3) is 4.36. The fourth-order valence-electron chi connectivity index (χ4n) is 2.43. The highest BCUT2D eigenvalue weighted by Gasteiger charge is 2.31. The molecule has 1 aliphatic carbocycles. The van der Waals surface area contributed by atoms with Crippen LogP contribution in [0, 0.1) is 5.92 Å². The molecule has 108 valence electrons. The molecule has 3 nitrogen and oxygen atoms in total. The summed E-state index contributed by atoms with van der Waals surface area (Å²) in [6.45, 7) is 12.3. The van der Waals surface area contributed by atoms with Crippen molar-refractivity contribution in [1.29, 1.82) is 0 Å². The van der Waals surface area contributed by atoms with Gasteiger partial charge in [0, 0.05) is 25.0 Å². The standard InChI is InChI=1S/C16H27NO2/c1-15(2,3)17-9-8-12-6-7-14-13(10-12)11-18-16(4,5)19-14/h7,10,12,17H,6,8-9,11H2,1-5H3. The van der Waals surface area contributed by atoms with Crippen molar-refractivity contribution in [1.82, 2.24) is 5.32 Å². The van der Waals surface area contributed by atoms with E-state index in [0.29, 0.717) is 12.5 Å². The summed E-state index contributed by atoms with van der Waals surface area (Å²) in [6.07, 6.45) is 6.78. The highest BCUT2D eigenvalue weighted by Crippen LogP contribution is 2.34. The Balaban J connectivity index is 1.86. The molecule has 2 aliphatic rings. The van der Waals surface area contributed by atoms with Gasteiger partial charge in [-0.2, -0.15) is 0 Å². The molecule has 1 N–H and O–H groups in total. The van der Waals surface area contributed by atoms with E-state index in [-0.39, 0.29) is 5.54 Å². The Hall–Kier alpha value is -0.800. The van der Waals surface area contributed by atoms with Gasteiger partial charge in [-0.1, -0.05) is 6.08 Å². The molecule has 0 radical (unpaired) electrons. The Labute approximate surface area is 117 Å². The number of ether oxygens (including phenoxy) is 2. The van der Waals surface area contributed by atoms with Gasteiger partial charge in [-0.25, -0.2) is 0 Å². The molecule has 0 amide bonds. The maximum absolute atomic E-state index is 5.84. The van der Waals surface area contributed by atoms with Crippen molar-refractivity contribution in [3.05, 3.63) is 23.5 Å². The molecule has 3 heteroatoms. The normalized spacial score (nSPS) is 26.1. The van der Waals surface area contributed by atoms with Gasteiger partial charge in [-0.15, -0.1) is 0 Å². The van der Waals surface area contributed by atoms with E-state index in [0.717, 1.165) is 25.1 Å². The Morgan fingerprint density at radius 2 is 2.11 bits per heavy atom. The van der Waals surface area contributed by atoms with Gasteiger partial charge in [0.05, 0.1) is 6.61 Å². The number of hydrogen-bond donors (Lipinski definition) is 1. The minimum atomic E-state index is -0.482. The van der Waals surface area contributed by atoms with Crippen LogP contribution in [-0.2, 0) is 9.47 Å². The molecule has 1 saturated heterocycles. The van der Waals surface area contributed by atoms with Gasteiger partial charge in [-0.05, 0) is 52.2 Å². The Kier molecular flexibility index (Phi) is 4.07. The van der Waals surface area contributed by atoms with Gasteiger partial charge in [0.2, 0.25) is 5.79 Å².